The monoisotopic (exact) mass is 147 g/mol. The molecule has 0 aliphatic heterocycles. The van der Waals surface area contributed by atoms with Crippen LogP contribution in [0.3, 0.4) is 0 Å². The van der Waals surface area contributed by atoms with Gasteiger partial charge in [-0.25, -0.2) is 0 Å². The second-order valence-corrected chi connectivity index (χ2v) is 2.64. The molecule has 0 heterocycles. The molecule has 0 aliphatic rings. The smallest absolute Gasteiger partial charge is 0.0226 e. The van der Waals surface area contributed by atoms with E-state index in [-0.39, 0.29) is 0 Å². The van der Waals surface area contributed by atoms with Crippen molar-refractivity contribution in [1.29, 1.82) is 0 Å². The lowest BCUT2D eigenvalue weighted by atomic mass is 10.1. The van der Waals surface area contributed by atoms with E-state index in [2.05, 4.69) is 13.3 Å². The average Bonchev–Trinajstić information content (AvgIpc) is 1.89. The highest BCUT2D eigenvalue weighted by Gasteiger charge is 1.86. The Morgan fingerprint density at radius 3 is 2.56 bits per heavy atom. The number of hydrogen-bond donors (Lipinski definition) is 0. The van der Waals surface area contributed by atoms with Crippen molar-refractivity contribution in [3.8, 4) is 0 Å². The summed E-state index contributed by atoms with van der Waals surface area (Å²) in [7, 11) is 0. The maximum absolute atomic E-state index is 5.48. The van der Waals surface area contributed by atoms with Crippen molar-refractivity contribution < 1.29 is 0 Å². The Balaban J connectivity index is 2.60. The number of unbranched alkanes of at least 4 members (excludes halogenated alkanes) is 5. The summed E-state index contributed by atoms with van der Waals surface area (Å²) in [6, 6.07) is 0. The fourth-order valence-electron chi connectivity index (χ4n) is 0.760. The molecular formula is C8H16Cl. The van der Waals surface area contributed by atoms with Gasteiger partial charge in [0.25, 0.3) is 0 Å². The molecule has 0 saturated heterocycles. The Morgan fingerprint density at radius 1 is 1.22 bits per heavy atom. The first-order chi connectivity index (χ1) is 4.41. The van der Waals surface area contributed by atoms with Crippen LogP contribution in [0, 0.1) is 6.42 Å². The van der Waals surface area contributed by atoms with Crippen LogP contribution in [0.15, 0.2) is 0 Å². The molecule has 0 nitrogen and oxygen atoms in total. The summed E-state index contributed by atoms with van der Waals surface area (Å²) in [5.41, 5.74) is 0. The molecule has 0 aromatic carbocycles. The van der Waals surface area contributed by atoms with Gasteiger partial charge in [-0.2, -0.15) is 0 Å². The zero-order valence-electron chi connectivity index (χ0n) is 6.20. The summed E-state index contributed by atoms with van der Waals surface area (Å²) in [5, 5.41) is 0. The summed E-state index contributed by atoms with van der Waals surface area (Å²) >= 11 is 5.48. The van der Waals surface area contributed by atoms with Gasteiger partial charge in [0.1, 0.15) is 0 Å². The molecule has 0 bridgehead atoms. The Labute approximate surface area is 63.6 Å². The molecule has 0 rings (SSSR count). The molecule has 0 aromatic rings. The largest absolute Gasteiger partial charge is 0.127 e. The SMILES string of the molecule is CCCCC[CH]CCCl. The van der Waals surface area contributed by atoms with Crippen LogP contribution in [0.5, 0.6) is 0 Å². The van der Waals surface area contributed by atoms with E-state index in [1.165, 1.54) is 25.7 Å². The minimum absolute atomic E-state index is 0.784. The molecule has 0 unspecified atom stereocenters. The van der Waals surface area contributed by atoms with Crippen LogP contribution < -0.4 is 0 Å². The summed E-state index contributed by atoms with van der Waals surface area (Å²) in [4.78, 5) is 0. The normalized spacial score (nSPS) is 10.0. The molecule has 1 heteroatoms. The number of hydrogen-bond acceptors (Lipinski definition) is 0. The molecular weight excluding hydrogens is 132 g/mol. The summed E-state index contributed by atoms with van der Waals surface area (Å²) in [6.07, 6.45) is 8.62. The summed E-state index contributed by atoms with van der Waals surface area (Å²) in [6.45, 7) is 2.22. The van der Waals surface area contributed by atoms with Gasteiger partial charge in [-0.15, -0.1) is 11.6 Å². The standard InChI is InChI=1S/C8H16Cl/c1-2-3-4-5-6-7-8-9/h6H,2-5,7-8H2,1H3. The van der Waals surface area contributed by atoms with E-state index in [1.54, 1.807) is 0 Å². The van der Waals surface area contributed by atoms with Crippen LogP contribution in [0.1, 0.15) is 39.0 Å². The lowest BCUT2D eigenvalue weighted by Gasteiger charge is -1.95. The van der Waals surface area contributed by atoms with Crippen LogP contribution in [0.4, 0.5) is 0 Å². The third-order valence-corrected chi connectivity index (χ3v) is 1.54. The minimum Gasteiger partial charge on any atom is -0.127 e. The van der Waals surface area contributed by atoms with E-state index >= 15 is 0 Å². The molecule has 0 spiro atoms. The highest BCUT2D eigenvalue weighted by atomic mass is 35.5. The maximum Gasteiger partial charge on any atom is 0.0226 e. The molecule has 0 saturated carbocycles. The maximum atomic E-state index is 5.48. The lowest BCUT2D eigenvalue weighted by Crippen LogP contribution is -1.79. The third kappa shape index (κ3) is 8.29. The van der Waals surface area contributed by atoms with Gasteiger partial charge >= 0.3 is 0 Å². The molecule has 0 aliphatic carbocycles. The quantitative estimate of drug-likeness (QED) is 0.399. The molecule has 9 heavy (non-hydrogen) atoms. The summed E-state index contributed by atoms with van der Waals surface area (Å²) in [5.74, 6) is 0.784. The van der Waals surface area contributed by atoms with Gasteiger partial charge in [-0.05, 0) is 12.8 Å². The van der Waals surface area contributed by atoms with Gasteiger partial charge in [0.15, 0.2) is 0 Å². The molecule has 0 amide bonds. The van der Waals surface area contributed by atoms with Gasteiger partial charge < -0.3 is 0 Å². The summed E-state index contributed by atoms with van der Waals surface area (Å²) < 4.78 is 0. The first-order valence-corrected chi connectivity index (χ1v) is 4.33. The second-order valence-electron chi connectivity index (χ2n) is 2.26. The van der Waals surface area contributed by atoms with Crippen molar-refractivity contribution in [3.05, 3.63) is 6.42 Å². The third-order valence-electron chi connectivity index (χ3n) is 1.33. The Kier molecular flexibility index (Phi) is 8.56. The molecule has 0 aromatic heterocycles. The van der Waals surface area contributed by atoms with E-state index in [0.717, 1.165) is 12.3 Å². The highest BCUT2D eigenvalue weighted by Crippen LogP contribution is 2.03. The molecule has 55 valence electrons. The lowest BCUT2D eigenvalue weighted by molar-refractivity contribution is 0.699. The fourth-order valence-corrected chi connectivity index (χ4v) is 0.914. The Bertz CT molecular complexity index is 37.8. The highest BCUT2D eigenvalue weighted by molar-refractivity contribution is 6.17. The van der Waals surface area contributed by atoms with Crippen molar-refractivity contribution in [1.82, 2.24) is 0 Å². The van der Waals surface area contributed by atoms with Crippen molar-refractivity contribution >= 4 is 11.6 Å². The van der Waals surface area contributed by atoms with Gasteiger partial charge in [0.05, 0.1) is 0 Å². The van der Waals surface area contributed by atoms with E-state index in [1.807, 2.05) is 0 Å². The van der Waals surface area contributed by atoms with Crippen LogP contribution >= 0.6 is 11.6 Å². The average molecular weight is 148 g/mol. The Morgan fingerprint density at radius 2 is 2.00 bits per heavy atom. The van der Waals surface area contributed by atoms with Crippen molar-refractivity contribution in [2.45, 2.75) is 39.0 Å². The predicted molar refractivity (Wildman–Crippen MR) is 43.8 cm³/mol. The number of rotatable bonds is 6. The van der Waals surface area contributed by atoms with E-state index in [9.17, 15) is 0 Å². The predicted octanol–water partition coefficient (Wildman–Crippen LogP) is 3.40. The van der Waals surface area contributed by atoms with Crippen molar-refractivity contribution in [2.24, 2.45) is 0 Å². The van der Waals surface area contributed by atoms with E-state index in [0.29, 0.717) is 0 Å². The number of halogens is 1. The fraction of sp³-hybridized carbons (Fsp3) is 0.875. The van der Waals surface area contributed by atoms with Crippen LogP contribution in [-0.2, 0) is 0 Å². The first kappa shape index (κ1) is 9.29. The number of alkyl halides is 1. The minimum atomic E-state index is 0.784. The first-order valence-electron chi connectivity index (χ1n) is 3.79. The van der Waals surface area contributed by atoms with Gasteiger partial charge in [-0.3, -0.25) is 0 Å². The van der Waals surface area contributed by atoms with Crippen molar-refractivity contribution in [3.63, 3.8) is 0 Å². The zero-order chi connectivity index (χ0) is 6.95. The van der Waals surface area contributed by atoms with Gasteiger partial charge in [0.2, 0.25) is 0 Å². The molecule has 1 radical (unpaired) electrons. The van der Waals surface area contributed by atoms with E-state index < -0.39 is 0 Å². The van der Waals surface area contributed by atoms with Gasteiger partial charge in [-0.1, -0.05) is 32.6 Å². The van der Waals surface area contributed by atoms with Gasteiger partial charge in [0, 0.05) is 5.88 Å². The van der Waals surface area contributed by atoms with Crippen LogP contribution in [0.25, 0.3) is 0 Å². The molecule has 0 N–H and O–H groups in total. The van der Waals surface area contributed by atoms with Crippen LogP contribution in [-0.4, -0.2) is 5.88 Å². The van der Waals surface area contributed by atoms with Crippen LogP contribution in [0.2, 0.25) is 0 Å². The molecule has 0 fully saturated rings. The van der Waals surface area contributed by atoms with Crippen molar-refractivity contribution in [2.75, 3.05) is 5.88 Å². The van der Waals surface area contributed by atoms with E-state index in [4.69, 9.17) is 11.6 Å². The second kappa shape index (κ2) is 8.29. The topological polar surface area (TPSA) is 0 Å². The molecule has 0 atom stereocenters. The zero-order valence-corrected chi connectivity index (χ0v) is 6.95. The Hall–Kier alpha value is 0.290.